The van der Waals surface area contributed by atoms with Crippen LogP contribution in [0.15, 0.2) is 18.2 Å². The molecule has 0 N–H and O–H groups in total. The van der Waals surface area contributed by atoms with E-state index in [0.29, 0.717) is 0 Å². The number of hydrogen-bond donors (Lipinski definition) is 0. The summed E-state index contributed by atoms with van der Waals surface area (Å²) in [6.45, 7) is 3.50. The molecule has 1 aromatic rings. The first kappa shape index (κ1) is 17.1. The van der Waals surface area contributed by atoms with Gasteiger partial charge in [-0.3, -0.25) is 29.4 Å². The predicted octanol–water partition coefficient (Wildman–Crippen LogP) is 1.98. The van der Waals surface area contributed by atoms with Gasteiger partial charge in [-0.15, -0.1) is 0 Å². The molecule has 132 valence electrons. The van der Waals surface area contributed by atoms with Crippen LogP contribution in [0.4, 0.5) is 5.69 Å². The molecule has 2 aliphatic rings. The molecule has 0 aliphatic carbocycles. The SMILES string of the molecule is C[C@@H]1CCC[C@H](C)N1C(=O)CN1C(=O)c2cccc([N+](=O)[O-])c2C1=O. The van der Waals surface area contributed by atoms with Crippen molar-refractivity contribution in [1.82, 2.24) is 9.80 Å². The highest BCUT2D eigenvalue weighted by Crippen LogP contribution is 2.31. The summed E-state index contributed by atoms with van der Waals surface area (Å²) in [6.07, 6.45) is 2.79. The zero-order valence-corrected chi connectivity index (χ0v) is 14.1. The smallest absolute Gasteiger partial charge is 0.282 e. The topological polar surface area (TPSA) is 101 Å². The molecule has 0 aromatic heterocycles. The molecule has 8 nitrogen and oxygen atoms in total. The first-order chi connectivity index (χ1) is 11.8. The minimum atomic E-state index is -0.780. The number of hydrogen-bond acceptors (Lipinski definition) is 5. The Labute approximate surface area is 144 Å². The Balaban J connectivity index is 1.86. The molecule has 2 heterocycles. The van der Waals surface area contributed by atoms with Crippen LogP contribution in [0.2, 0.25) is 0 Å². The number of benzene rings is 1. The highest BCUT2D eigenvalue weighted by atomic mass is 16.6. The zero-order chi connectivity index (χ0) is 18.3. The van der Waals surface area contributed by atoms with Gasteiger partial charge in [0.1, 0.15) is 12.1 Å². The minimum absolute atomic E-state index is 0.0215. The number of nitrogens with zero attached hydrogens (tertiary/aromatic N) is 3. The van der Waals surface area contributed by atoms with Crippen LogP contribution in [0.25, 0.3) is 0 Å². The van der Waals surface area contributed by atoms with Gasteiger partial charge in [-0.1, -0.05) is 6.07 Å². The lowest BCUT2D eigenvalue weighted by atomic mass is 9.97. The van der Waals surface area contributed by atoms with Crippen LogP contribution in [0.1, 0.15) is 53.8 Å². The number of fused-ring (bicyclic) bond motifs is 1. The highest BCUT2D eigenvalue weighted by molar-refractivity contribution is 6.24. The van der Waals surface area contributed by atoms with E-state index in [1.54, 1.807) is 4.90 Å². The van der Waals surface area contributed by atoms with E-state index < -0.39 is 29.0 Å². The lowest BCUT2D eigenvalue weighted by molar-refractivity contribution is -0.385. The normalized spacial score (nSPS) is 23.0. The van der Waals surface area contributed by atoms with Gasteiger partial charge in [0.25, 0.3) is 17.5 Å². The standard InChI is InChI=1S/C17H19N3O5/c1-10-5-3-6-11(2)19(10)14(21)9-18-16(22)12-7-4-8-13(20(24)25)15(12)17(18)23/h4,7-8,10-11H,3,5-6,9H2,1-2H3/t10-,11+. The summed E-state index contributed by atoms with van der Waals surface area (Å²) in [5.41, 5.74) is -0.665. The maximum atomic E-state index is 12.7. The van der Waals surface area contributed by atoms with Gasteiger partial charge in [0.2, 0.25) is 5.91 Å². The van der Waals surface area contributed by atoms with Crippen molar-refractivity contribution in [3.8, 4) is 0 Å². The maximum Gasteiger partial charge on any atom is 0.282 e. The molecule has 0 spiro atoms. The van der Waals surface area contributed by atoms with E-state index in [4.69, 9.17) is 0 Å². The fourth-order valence-electron chi connectivity index (χ4n) is 3.74. The lowest BCUT2D eigenvalue weighted by Crippen LogP contribution is -2.51. The Morgan fingerprint density at radius 2 is 1.84 bits per heavy atom. The van der Waals surface area contributed by atoms with Crippen molar-refractivity contribution in [3.63, 3.8) is 0 Å². The molecule has 8 heteroatoms. The third-order valence-corrected chi connectivity index (χ3v) is 4.95. The van der Waals surface area contributed by atoms with Crippen LogP contribution in [-0.2, 0) is 4.79 Å². The third kappa shape index (κ3) is 2.77. The number of imide groups is 1. The van der Waals surface area contributed by atoms with E-state index in [1.807, 2.05) is 13.8 Å². The van der Waals surface area contributed by atoms with Crippen molar-refractivity contribution in [2.45, 2.75) is 45.2 Å². The van der Waals surface area contributed by atoms with Gasteiger partial charge in [-0.25, -0.2) is 0 Å². The van der Waals surface area contributed by atoms with Crippen LogP contribution in [0.3, 0.4) is 0 Å². The van der Waals surface area contributed by atoms with Gasteiger partial charge >= 0.3 is 0 Å². The predicted molar refractivity (Wildman–Crippen MR) is 88.1 cm³/mol. The summed E-state index contributed by atoms with van der Waals surface area (Å²) in [5.74, 6) is -1.75. The van der Waals surface area contributed by atoms with Crippen LogP contribution in [0, 0.1) is 10.1 Å². The van der Waals surface area contributed by atoms with E-state index in [9.17, 15) is 24.5 Å². The molecule has 0 bridgehead atoms. The third-order valence-electron chi connectivity index (χ3n) is 4.95. The molecule has 25 heavy (non-hydrogen) atoms. The monoisotopic (exact) mass is 345 g/mol. The number of nitro benzene ring substituents is 1. The van der Waals surface area contributed by atoms with Gasteiger partial charge in [0, 0.05) is 18.2 Å². The maximum absolute atomic E-state index is 12.7. The molecule has 0 saturated carbocycles. The first-order valence-corrected chi connectivity index (χ1v) is 8.27. The molecule has 1 aromatic carbocycles. The Bertz CT molecular complexity index is 766. The molecule has 2 aliphatic heterocycles. The Kier molecular flexibility index (Phi) is 4.28. The molecule has 2 atom stereocenters. The van der Waals surface area contributed by atoms with Crippen molar-refractivity contribution in [2.24, 2.45) is 0 Å². The van der Waals surface area contributed by atoms with Crippen molar-refractivity contribution >= 4 is 23.4 Å². The number of nitro groups is 1. The van der Waals surface area contributed by atoms with Crippen LogP contribution < -0.4 is 0 Å². The lowest BCUT2D eigenvalue weighted by Gasteiger charge is -2.39. The van der Waals surface area contributed by atoms with Crippen molar-refractivity contribution in [1.29, 1.82) is 0 Å². The quantitative estimate of drug-likeness (QED) is 0.474. The van der Waals surface area contributed by atoms with E-state index >= 15 is 0 Å². The number of rotatable bonds is 3. The summed E-state index contributed by atoms with van der Waals surface area (Å²) < 4.78 is 0. The fraction of sp³-hybridized carbons (Fsp3) is 0.471. The average molecular weight is 345 g/mol. The Morgan fingerprint density at radius 3 is 2.44 bits per heavy atom. The molecule has 1 fully saturated rings. The highest BCUT2D eigenvalue weighted by Gasteiger charge is 2.43. The second kappa shape index (κ2) is 6.27. The zero-order valence-electron chi connectivity index (χ0n) is 14.1. The first-order valence-electron chi connectivity index (χ1n) is 8.27. The largest absolute Gasteiger partial charge is 0.336 e. The van der Waals surface area contributed by atoms with Crippen molar-refractivity contribution < 1.29 is 19.3 Å². The van der Waals surface area contributed by atoms with Crippen molar-refractivity contribution in [3.05, 3.63) is 39.4 Å². The van der Waals surface area contributed by atoms with Gasteiger partial charge in [0.05, 0.1) is 10.5 Å². The van der Waals surface area contributed by atoms with Gasteiger partial charge in [0.15, 0.2) is 0 Å². The van der Waals surface area contributed by atoms with Crippen LogP contribution in [-0.4, -0.2) is 51.1 Å². The Hall–Kier alpha value is -2.77. The van der Waals surface area contributed by atoms with Gasteiger partial charge in [-0.2, -0.15) is 0 Å². The van der Waals surface area contributed by atoms with E-state index in [1.165, 1.54) is 18.2 Å². The summed E-state index contributed by atoms with van der Waals surface area (Å²) in [7, 11) is 0. The second-order valence-corrected chi connectivity index (χ2v) is 6.58. The molecular weight excluding hydrogens is 326 g/mol. The number of likely N-dealkylation sites (tertiary alicyclic amines) is 1. The van der Waals surface area contributed by atoms with Gasteiger partial charge < -0.3 is 4.90 Å². The number of carbonyl (C=O) groups is 3. The van der Waals surface area contributed by atoms with E-state index in [0.717, 1.165) is 24.2 Å². The summed E-state index contributed by atoms with van der Waals surface area (Å²) in [5, 5.41) is 11.1. The van der Waals surface area contributed by atoms with E-state index in [2.05, 4.69) is 0 Å². The summed E-state index contributed by atoms with van der Waals surface area (Å²) in [4.78, 5) is 50.7. The van der Waals surface area contributed by atoms with Crippen molar-refractivity contribution in [2.75, 3.05) is 6.54 Å². The number of amides is 3. The molecule has 3 amide bonds. The number of carbonyl (C=O) groups excluding carboxylic acids is 3. The molecule has 1 saturated heterocycles. The number of piperidine rings is 1. The summed E-state index contributed by atoms with van der Waals surface area (Å²) >= 11 is 0. The summed E-state index contributed by atoms with van der Waals surface area (Å²) in [6, 6.07) is 4.01. The molecular formula is C17H19N3O5. The Morgan fingerprint density at radius 1 is 1.20 bits per heavy atom. The fourth-order valence-corrected chi connectivity index (χ4v) is 3.74. The average Bonchev–Trinajstić information content (AvgIpc) is 2.79. The van der Waals surface area contributed by atoms with E-state index in [-0.39, 0.29) is 29.1 Å². The molecule has 3 rings (SSSR count). The second-order valence-electron chi connectivity index (χ2n) is 6.58. The van der Waals surface area contributed by atoms with Crippen LogP contribution >= 0.6 is 0 Å². The minimum Gasteiger partial charge on any atom is -0.336 e. The molecule has 0 unspecified atom stereocenters. The van der Waals surface area contributed by atoms with Gasteiger partial charge in [-0.05, 0) is 39.2 Å². The molecule has 0 radical (unpaired) electrons. The van der Waals surface area contributed by atoms with Crippen LogP contribution in [0.5, 0.6) is 0 Å².